The highest BCUT2D eigenvalue weighted by atomic mass is 79.9. The summed E-state index contributed by atoms with van der Waals surface area (Å²) in [4.78, 5) is 2.46. The number of rotatable bonds is 6. The molecule has 1 aromatic carbocycles. The molecule has 0 aromatic heterocycles. The largest absolute Gasteiger partial charge is 0.384 e. The highest BCUT2D eigenvalue weighted by molar-refractivity contribution is 9.10. The van der Waals surface area contributed by atoms with Gasteiger partial charge in [-0.2, -0.15) is 0 Å². The molecule has 4 heteroatoms. The van der Waals surface area contributed by atoms with E-state index in [0.29, 0.717) is 5.92 Å². The molecule has 3 rings (SSSR count). The lowest BCUT2D eigenvalue weighted by Crippen LogP contribution is -2.21. The Labute approximate surface area is 129 Å². The van der Waals surface area contributed by atoms with Crippen molar-refractivity contribution in [1.29, 1.82) is 0 Å². The summed E-state index contributed by atoms with van der Waals surface area (Å²) in [5, 5.41) is 3.57. The number of methoxy groups -OCH3 is 1. The molecule has 0 radical (unpaired) electrons. The first-order valence-electron chi connectivity index (χ1n) is 7.52. The van der Waals surface area contributed by atoms with Gasteiger partial charge in [0.15, 0.2) is 0 Å². The van der Waals surface area contributed by atoms with Crippen molar-refractivity contribution in [2.75, 3.05) is 31.7 Å². The molecule has 2 fully saturated rings. The van der Waals surface area contributed by atoms with E-state index >= 15 is 0 Å². The van der Waals surface area contributed by atoms with Crippen LogP contribution in [-0.4, -0.2) is 32.8 Å². The lowest BCUT2D eigenvalue weighted by Gasteiger charge is -2.20. The zero-order valence-electron chi connectivity index (χ0n) is 12.1. The lowest BCUT2D eigenvalue weighted by atomic mass is 10.1. The van der Waals surface area contributed by atoms with E-state index in [1.54, 1.807) is 7.11 Å². The van der Waals surface area contributed by atoms with Gasteiger partial charge in [0.25, 0.3) is 0 Å². The van der Waals surface area contributed by atoms with E-state index in [2.05, 4.69) is 44.3 Å². The summed E-state index contributed by atoms with van der Waals surface area (Å²) in [5.74, 6) is 0.676. The Morgan fingerprint density at radius 2 is 2.20 bits per heavy atom. The zero-order chi connectivity index (χ0) is 13.9. The monoisotopic (exact) mass is 338 g/mol. The summed E-state index contributed by atoms with van der Waals surface area (Å²) in [6.45, 7) is 4.10. The SMILES string of the molecule is COCC1CCN(c2ccc(CNC3CC3)c(Br)c2)C1. The fourth-order valence-electron chi connectivity index (χ4n) is 2.86. The first-order valence-corrected chi connectivity index (χ1v) is 8.31. The van der Waals surface area contributed by atoms with Crippen LogP contribution in [-0.2, 0) is 11.3 Å². The minimum absolute atomic E-state index is 0.676. The second-order valence-corrected chi connectivity index (χ2v) is 6.84. The van der Waals surface area contributed by atoms with Crippen LogP contribution in [0.15, 0.2) is 22.7 Å². The average Bonchev–Trinajstić information content (AvgIpc) is 3.16. The molecule has 0 bridgehead atoms. The molecule has 1 saturated carbocycles. The topological polar surface area (TPSA) is 24.5 Å². The van der Waals surface area contributed by atoms with Gasteiger partial charge in [0.2, 0.25) is 0 Å². The number of nitrogens with one attached hydrogen (secondary N) is 1. The minimum Gasteiger partial charge on any atom is -0.384 e. The lowest BCUT2D eigenvalue weighted by molar-refractivity contribution is 0.161. The molecule has 1 N–H and O–H groups in total. The summed E-state index contributed by atoms with van der Waals surface area (Å²) in [6.07, 6.45) is 3.91. The molecular weight excluding hydrogens is 316 g/mol. The number of anilines is 1. The third-order valence-electron chi connectivity index (χ3n) is 4.25. The first-order chi connectivity index (χ1) is 9.76. The Morgan fingerprint density at radius 3 is 2.90 bits per heavy atom. The molecule has 1 aliphatic heterocycles. The average molecular weight is 339 g/mol. The predicted molar refractivity (Wildman–Crippen MR) is 86.2 cm³/mol. The molecule has 3 nitrogen and oxygen atoms in total. The molecule has 2 aliphatic rings. The Morgan fingerprint density at radius 1 is 1.35 bits per heavy atom. The van der Waals surface area contributed by atoms with Crippen molar-refractivity contribution < 1.29 is 4.74 Å². The van der Waals surface area contributed by atoms with Gasteiger partial charge in [0.05, 0.1) is 6.61 Å². The van der Waals surface area contributed by atoms with E-state index < -0.39 is 0 Å². The molecular formula is C16H23BrN2O. The molecule has 1 unspecified atom stereocenters. The first kappa shape index (κ1) is 14.4. The highest BCUT2D eigenvalue weighted by Gasteiger charge is 2.23. The molecule has 0 spiro atoms. The van der Waals surface area contributed by atoms with Crippen LogP contribution < -0.4 is 10.2 Å². The fourth-order valence-corrected chi connectivity index (χ4v) is 3.36. The quantitative estimate of drug-likeness (QED) is 0.862. The van der Waals surface area contributed by atoms with Gasteiger partial charge in [0.1, 0.15) is 0 Å². The summed E-state index contributed by atoms with van der Waals surface area (Å²) in [6, 6.07) is 7.52. The Hall–Kier alpha value is -0.580. The number of hydrogen-bond donors (Lipinski definition) is 1. The summed E-state index contributed by atoms with van der Waals surface area (Å²) >= 11 is 3.72. The van der Waals surface area contributed by atoms with Crippen LogP contribution in [0, 0.1) is 5.92 Å². The number of ether oxygens (including phenoxy) is 1. The van der Waals surface area contributed by atoms with Crippen molar-refractivity contribution in [3.63, 3.8) is 0 Å². The number of nitrogens with zero attached hydrogens (tertiary/aromatic N) is 1. The van der Waals surface area contributed by atoms with Crippen molar-refractivity contribution in [2.45, 2.75) is 31.8 Å². The summed E-state index contributed by atoms with van der Waals surface area (Å²) in [5.41, 5.74) is 2.68. The molecule has 1 heterocycles. The van der Waals surface area contributed by atoms with Crippen molar-refractivity contribution in [3.05, 3.63) is 28.2 Å². The van der Waals surface area contributed by atoms with Gasteiger partial charge in [-0.25, -0.2) is 0 Å². The van der Waals surface area contributed by atoms with E-state index in [-0.39, 0.29) is 0 Å². The number of benzene rings is 1. The molecule has 1 atom stereocenters. The van der Waals surface area contributed by atoms with Gasteiger partial charge in [-0.3, -0.25) is 0 Å². The van der Waals surface area contributed by atoms with Crippen LogP contribution in [0.5, 0.6) is 0 Å². The highest BCUT2D eigenvalue weighted by Crippen LogP contribution is 2.29. The Kier molecular flexibility index (Phi) is 4.64. The zero-order valence-corrected chi connectivity index (χ0v) is 13.7. The standard InChI is InChI=1S/C16H23BrN2O/c1-20-11-12-6-7-19(10-12)15-5-2-13(16(17)8-15)9-18-14-3-4-14/h2,5,8,12,14,18H,3-4,6-7,9-11H2,1H3. The molecule has 0 amide bonds. The maximum atomic E-state index is 5.27. The fraction of sp³-hybridized carbons (Fsp3) is 0.625. The van der Waals surface area contributed by atoms with Crippen LogP contribution in [0.2, 0.25) is 0 Å². The predicted octanol–water partition coefficient (Wildman–Crippen LogP) is 3.17. The van der Waals surface area contributed by atoms with E-state index in [1.165, 1.54) is 35.0 Å². The third kappa shape index (κ3) is 3.54. The van der Waals surface area contributed by atoms with Crippen molar-refractivity contribution in [3.8, 4) is 0 Å². The maximum Gasteiger partial charge on any atom is 0.0508 e. The van der Waals surface area contributed by atoms with Crippen LogP contribution >= 0.6 is 15.9 Å². The number of halogens is 1. The van der Waals surface area contributed by atoms with Gasteiger partial charge in [-0.15, -0.1) is 0 Å². The van der Waals surface area contributed by atoms with E-state index in [4.69, 9.17) is 4.74 Å². The van der Waals surface area contributed by atoms with E-state index in [0.717, 1.165) is 32.3 Å². The summed E-state index contributed by atoms with van der Waals surface area (Å²) in [7, 11) is 1.79. The third-order valence-corrected chi connectivity index (χ3v) is 4.99. The van der Waals surface area contributed by atoms with Crippen molar-refractivity contribution in [1.82, 2.24) is 5.32 Å². The maximum absolute atomic E-state index is 5.27. The van der Waals surface area contributed by atoms with Crippen LogP contribution in [0.3, 0.4) is 0 Å². The van der Waals surface area contributed by atoms with Gasteiger partial charge < -0.3 is 15.0 Å². The van der Waals surface area contributed by atoms with Crippen LogP contribution in [0.4, 0.5) is 5.69 Å². The van der Waals surface area contributed by atoms with Crippen LogP contribution in [0.1, 0.15) is 24.8 Å². The molecule has 1 aliphatic carbocycles. The smallest absolute Gasteiger partial charge is 0.0508 e. The van der Waals surface area contributed by atoms with Gasteiger partial charge in [0, 0.05) is 48.9 Å². The van der Waals surface area contributed by atoms with Gasteiger partial charge in [-0.05, 0) is 37.0 Å². The second kappa shape index (κ2) is 6.46. The van der Waals surface area contributed by atoms with Gasteiger partial charge in [-0.1, -0.05) is 22.0 Å². The van der Waals surface area contributed by atoms with Crippen molar-refractivity contribution >= 4 is 21.6 Å². The molecule has 20 heavy (non-hydrogen) atoms. The second-order valence-electron chi connectivity index (χ2n) is 5.99. The molecule has 1 saturated heterocycles. The van der Waals surface area contributed by atoms with E-state index in [9.17, 15) is 0 Å². The molecule has 110 valence electrons. The van der Waals surface area contributed by atoms with Crippen molar-refractivity contribution in [2.24, 2.45) is 5.92 Å². The normalized spacial score (nSPS) is 22.5. The van der Waals surface area contributed by atoms with E-state index in [1.807, 2.05) is 0 Å². The molecule has 1 aromatic rings. The Balaban J connectivity index is 1.61. The van der Waals surface area contributed by atoms with Crippen LogP contribution in [0.25, 0.3) is 0 Å². The number of hydrogen-bond acceptors (Lipinski definition) is 3. The Bertz CT molecular complexity index is 462. The summed E-state index contributed by atoms with van der Waals surface area (Å²) < 4.78 is 6.49. The van der Waals surface area contributed by atoms with Gasteiger partial charge >= 0.3 is 0 Å². The minimum atomic E-state index is 0.676.